The number of anilines is 1. The molecular formula is C20H21N5O3S. The molecule has 3 aromatic rings. The van der Waals surface area contributed by atoms with Crippen molar-refractivity contribution in [3.8, 4) is 22.9 Å². The molecule has 2 heterocycles. The zero-order chi connectivity index (χ0) is 20.9. The van der Waals surface area contributed by atoms with Crippen LogP contribution in [0.5, 0.6) is 11.5 Å². The van der Waals surface area contributed by atoms with Crippen LogP contribution >= 0.6 is 12.2 Å². The summed E-state index contributed by atoms with van der Waals surface area (Å²) in [6.07, 6.45) is 0.799. The Balaban J connectivity index is 1.93. The highest BCUT2D eigenvalue weighted by Crippen LogP contribution is 2.39. The van der Waals surface area contributed by atoms with E-state index in [0.29, 0.717) is 33.8 Å². The van der Waals surface area contributed by atoms with Crippen LogP contribution in [0, 0.1) is 4.77 Å². The predicted octanol–water partition coefficient (Wildman–Crippen LogP) is 3.58. The van der Waals surface area contributed by atoms with Crippen molar-refractivity contribution in [3.05, 3.63) is 51.8 Å². The molecule has 0 amide bonds. The Bertz CT molecular complexity index is 1170. The lowest BCUT2D eigenvalue weighted by molar-refractivity contribution is 0.112. The second-order valence-corrected chi connectivity index (χ2v) is 7.74. The fourth-order valence-corrected chi connectivity index (χ4v) is 3.82. The van der Waals surface area contributed by atoms with Crippen LogP contribution in [0.1, 0.15) is 41.3 Å². The first kappa shape index (κ1) is 19.2. The molecular weight excluding hydrogens is 390 g/mol. The largest absolute Gasteiger partial charge is 0.508 e. The maximum atomic E-state index is 11.3. The Kier molecular flexibility index (Phi) is 4.64. The van der Waals surface area contributed by atoms with Gasteiger partial charge in [-0.25, -0.2) is 10.2 Å². The van der Waals surface area contributed by atoms with Gasteiger partial charge < -0.3 is 10.2 Å². The Labute approximate surface area is 172 Å². The molecule has 8 nitrogen and oxygen atoms in total. The first-order chi connectivity index (χ1) is 13.8. The van der Waals surface area contributed by atoms with Gasteiger partial charge in [-0.2, -0.15) is 14.8 Å². The van der Waals surface area contributed by atoms with Crippen molar-refractivity contribution in [2.45, 2.75) is 26.3 Å². The van der Waals surface area contributed by atoms with Crippen LogP contribution in [0.4, 0.5) is 5.69 Å². The summed E-state index contributed by atoms with van der Waals surface area (Å²) < 4.78 is 2.00. The quantitative estimate of drug-likeness (QED) is 0.446. The number of carbonyl (C=O) groups is 1. The second-order valence-electron chi connectivity index (χ2n) is 7.36. The summed E-state index contributed by atoms with van der Waals surface area (Å²) in [4.78, 5) is 11.3. The van der Waals surface area contributed by atoms with E-state index in [-0.39, 0.29) is 17.4 Å². The molecule has 4 rings (SSSR count). The van der Waals surface area contributed by atoms with Crippen LogP contribution in [0.3, 0.4) is 0 Å². The molecule has 2 aromatic carbocycles. The number of hydrogen-bond donors (Lipinski definition) is 3. The number of phenols is 2. The van der Waals surface area contributed by atoms with Gasteiger partial charge in [0.1, 0.15) is 17.8 Å². The number of aromatic hydroxyl groups is 2. The molecule has 0 saturated heterocycles. The Morgan fingerprint density at radius 2 is 1.97 bits per heavy atom. The highest BCUT2D eigenvalue weighted by molar-refractivity contribution is 7.71. The number of benzene rings is 2. The van der Waals surface area contributed by atoms with Crippen molar-refractivity contribution in [2.75, 3.05) is 12.2 Å². The molecule has 0 unspecified atom stereocenters. The van der Waals surface area contributed by atoms with Crippen molar-refractivity contribution < 1.29 is 15.0 Å². The normalized spacial score (nSPS) is 13.9. The van der Waals surface area contributed by atoms with Crippen LogP contribution in [-0.2, 0) is 6.54 Å². The molecule has 0 atom stereocenters. The minimum atomic E-state index is -0.106. The number of aromatic amines is 1. The molecule has 9 heteroatoms. The topological polar surface area (TPSA) is 97.6 Å². The van der Waals surface area contributed by atoms with Crippen LogP contribution in [0.15, 0.2) is 30.3 Å². The molecule has 1 aromatic heterocycles. The number of aromatic nitrogens is 3. The first-order valence-electron chi connectivity index (χ1n) is 9.15. The SMILES string of the molecule is CC(C)c1cc(-c2n[nH]c(=S)n2N2c3cc(C=O)ccc3CN2C)c(O)cc1O. The molecule has 3 N–H and O–H groups in total. The number of nitrogens with one attached hydrogen (secondary N) is 1. The van der Waals surface area contributed by atoms with Crippen molar-refractivity contribution in [1.82, 2.24) is 19.9 Å². The minimum Gasteiger partial charge on any atom is -0.508 e. The summed E-state index contributed by atoms with van der Waals surface area (Å²) in [7, 11) is 1.90. The van der Waals surface area contributed by atoms with Crippen molar-refractivity contribution in [1.29, 1.82) is 0 Å². The van der Waals surface area contributed by atoms with Gasteiger partial charge in [0, 0.05) is 25.2 Å². The molecule has 1 aliphatic heterocycles. The van der Waals surface area contributed by atoms with E-state index in [1.165, 1.54) is 6.07 Å². The number of carbonyl (C=O) groups excluding carboxylic acids is 1. The molecule has 0 saturated carbocycles. The van der Waals surface area contributed by atoms with E-state index in [1.807, 2.05) is 37.1 Å². The summed E-state index contributed by atoms with van der Waals surface area (Å²) >= 11 is 5.48. The molecule has 0 aliphatic carbocycles. The number of nitrogens with zero attached hydrogens (tertiary/aromatic N) is 4. The average molecular weight is 411 g/mol. The zero-order valence-electron chi connectivity index (χ0n) is 16.2. The number of hydrazine groups is 1. The van der Waals surface area contributed by atoms with Crippen LogP contribution in [0.25, 0.3) is 11.4 Å². The maximum absolute atomic E-state index is 11.3. The first-order valence-corrected chi connectivity index (χ1v) is 9.56. The van der Waals surface area contributed by atoms with Crippen LogP contribution in [0.2, 0.25) is 0 Å². The zero-order valence-corrected chi connectivity index (χ0v) is 17.1. The molecule has 0 radical (unpaired) electrons. The summed E-state index contributed by atoms with van der Waals surface area (Å²) in [5.74, 6) is 0.368. The smallest absolute Gasteiger partial charge is 0.216 e. The van der Waals surface area contributed by atoms with Gasteiger partial charge >= 0.3 is 0 Å². The fourth-order valence-electron chi connectivity index (χ4n) is 3.61. The number of H-pyrrole nitrogens is 1. The van der Waals surface area contributed by atoms with Crippen molar-refractivity contribution in [3.63, 3.8) is 0 Å². The highest BCUT2D eigenvalue weighted by Gasteiger charge is 2.30. The molecule has 1 aliphatic rings. The van der Waals surface area contributed by atoms with Gasteiger partial charge in [0.05, 0.1) is 11.3 Å². The van der Waals surface area contributed by atoms with E-state index < -0.39 is 0 Å². The Morgan fingerprint density at radius 3 is 2.66 bits per heavy atom. The summed E-state index contributed by atoms with van der Waals surface area (Å²) in [5.41, 5.74) is 3.52. The van der Waals surface area contributed by atoms with Gasteiger partial charge in [0.25, 0.3) is 0 Å². The number of rotatable bonds is 4. The van der Waals surface area contributed by atoms with E-state index in [9.17, 15) is 15.0 Å². The Morgan fingerprint density at radius 1 is 1.21 bits per heavy atom. The van der Waals surface area contributed by atoms with E-state index in [1.54, 1.807) is 22.9 Å². The summed E-state index contributed by atoms with van der Waals surface area (Å²) in [5, 5.41) is 31.6. The molecule has 29 heavy (non-hydrogen) atoms. The van der Waals surface area contributed by atoms with E-state index in [0.717, 1.165) is 17.5 Å². The number of phenolic OH excluding ortho intramolecular Hbond substituents is 2. The van der Waals surface area contributed by atoms with Gasteiger partial charge in [-0.05, 0) is 41.4 Å². The van der Waals surface area contributed by atoms with E-state index >= 15 is 0 Å². The molecule has 0 bridgehead atoms. The number of hydrogen-bond acceptors (Lipinski definition) is 7. The summed E-state index contributed by atoms with van der Waals surface area (Å²) in [6.45, 7) is 4.54. The third-order valence-electron chi connectivity index (χ3n) is 5.03. The Hall–Kier alpha value is -3.17. The van der Waals surface area contributed by atoms with Gasteiger partial charge in [0.2, 0.25) is 4.77 Å². The molecule has 0 fully saturated rings. The predicted molar refractivity (Wildman–Crippen MR) is 111 cm³/mol. The van der Waals surface area contributed by atoms with Crippen molar-refractivity contribution in [2.24, 2.45) is 0 Å². The lowest BCUT2D eigenvalue weighted by Crippen LogP contribution is -2.39. The van der Waals surface area contributed by atoms with Gasteiger partial charge in [0.15, 0.2) is 5.82 Å². The molecule has 0 spiro atoms. The van der Waals surface area contributed by atoms with Crippen LogP contribution < -0.4 is 5.12 Å². The molecule has 150 valence electrons. The number of aldehydes is 1. The van der Waals surface area contributed by atoms with Crippen molar-refractivity contribution >= 4 is 24.2 Å². The maximum Gasteiger partial charge on any atom is 0.216 e. The number of fused-ring (bicyclic) bond motifs is 1. The van der Waals surface area contributed by atoms with Gasteiger partial charge in [-0.1, -0.05) is 26.0 Å². The lowest BCUT2D eigenvalue weighted by atomic mass is 9.98. The average Bonchev–Trinajstić information content (AvgIpc) is 3.19. The van der Waals surface area contributed by atoms with Gasteiger partial charge in [-0.3, -0.25) is 4.79 Å². The van der Waals surface area contributed by atoms with E-state index in [4.69, 9.17) is 12.2 Å². The monoisotopic (exact) mass is 411 g/mol. The standard InChI is InChI=1S/C20H21N5O3S/c1-11(2)14-7-15(18(28)8-17(14)27)19-21-22-20(29)24(19)25-16-6-12(10-26)4-5-13(16)9-23(25)3/h4-8,10-11,27-28H,9H2,1-3H3,(H,22,29). The third-order valence-corrected chi connectivity index (χ3v) is 5.30. The lowest BCUT2D eigenvalue weighted by Gasteiger charge is -2.28. The second kappa shape index (κ2) is 7.02. The fraction of sp³-hybridized carbons (Fsp3) is 0.250. The third kappa shape index (κ3) is 3.08. The highest BCUT2D eigenvalue weighted by atomic mass is 32.1. The minimum absolute atomic E-state index is 0.0289. The van der Waals surface area contributed by atoms with Crippen LogP contribution in [-0.4, -0.2) is 43.4 Å². The van der Waals surface area contributed by atoms with E-state index in [2.05, 4.69) is 10.2 Å². The summed E-state index contributed by atoms with van der Waals surface area (Å²) in [6, 6.07) is 8.52. The van der Waals surface area contributed by atoms with Gasteiger partial charge in [-0.15, -0.1) is 0 Å².